The van der Waals surface area contributed by atoms with Crippen LogP contribution in [0, 0.1) is 0 Å². The summed E-state index contributed by atoms with van der Waals surface area (Å²) in [5, 5.41) is 3.29. The molecular formula is C17H26F3N. The van der Waals surface area contributed by atoms with Crippen LogP contribution in [0.25, 0.3) is 0 Å². The highest BCUT2D eigenvalue weighted by atomic mass is 19.4. The highest BCUT2D eigenvalue weighted by Crippen LogP contribution is 2.34. The molecule has 4 heteroatoms. The fraction of sp³-hybridized carbons (Fsp3) is 0.647. The lowest BCUT2D eigenvalue weighted by Gasteiger charge is -2.23. The van der Waals surface area contributed by atoms with Crippen LogP contribution in [-0.2, 0) is 6.18 Å². The van der Waals surface area contributed by atoms with E-state index < -0.39 is 11.7 Å². The van der Waals surface area contributed by atoms with Gasteiger partial charge in [0.05, 0.1) is 5.56 Å². The van der Waals surface area contributed by atoms with Crippen LogP contribution in [0.15, 0.2) is 24.3 Å². The fourth-order valence-corrected chi connectivity index (χ4v) is 2.61. The van der Waals surface area contributed by atoms with Crippen LogP contribution in [0.1, 0.15) is 70.0 Å². The zero-order valence-corrected chi connectivity index (χ0v) is 13.1. The highest BCUT2D eigenvalue weighted by molar-refractivity contribution is 5.32. The molecule has 0 aromatic heterocycles. The minimum absolute atomic E-state index is 0.221. The lowest BCUT2D eigenvalue weighted by molar-refractivity contribution is -0.138. The molecule has 0 amide bonds. The normalized spacial score (nSPS) is 15.0. The largest absolute Gasteiger partial charge is 0.416 e. The van der Waals surface area contributed by atoms with Crippen LogP contribution < -0.4 is 5.32 Å². The molecule has 1 nitrogen and oxygen atoms in total. The second-order valence-corrected chi connectivity index (χ2v) is 5.72. The molecule has 1 aromatic carbocycles. The molecule has 0 radical (unpaired) electrons. The average Bonchev–Trinajstić information content (AvgIpc) is 2.42. The Labute approximate surface area is 125 Å². The van der Waals surface area contributed by atoms with E-state index >= 15 is 0 Å². The van der Waals surface area contributed by atoms with Gasteiger partial charge in [-0.1, -0.05) is 50.8 Å². The molecule has 2 atom stereocenters. The summed E-state index contributed by atoms with van der Waals surface area (Å²) in [5.74, 6) is 0. The van der Waals surface area contributed by atoms with E-state index in [1.165, 1.54) is 25.3 Å². The standard InChI is InChI=1S/C17H26F3N/c1-4-5-6-7-10-13(2)21-14(3)15-11-8-9-12-16(15)17(18,19)20/h8-9,11-14,21H,4-7,10H2,1-3H3. The summed E-state index contributed by atoms with van der Waals surface area (Å²) in [6, 6.07) is 5.73. The number of halogens is 3. The van der Waals surface area contributed by atoms with E-state index in [0.717, 1.165) is 18.9 Å². The average molecular weight is 301 g/mol. The number of nitrogens with one attached hydrogen (secondary N) is 1. The van der Waals surface area contributed by atoms with Crippen molar-refractivity contribution < 1.29 is 13.2 Å². The van der Waals surface area contributed by atoms with Crippen LogP contribution in [0.2, 0.25) is 0 Å². The van der Waals surface area contributed by atoms with Gasteiger partial charge in [0.25, 0.3) is 0 Å². The Balaban J connectivity index is 2.61. The lowest BCUT2D eigenvalue weighted by atomic mass is 9.99. The number of benzene rings is 1. The molecule has 0 saturated heterocycles. The third-order valence-corrected chi connectivity index (χ3v) is 3.76. The third kappa shape index (κ3) is 6.08. The molecule has 120 valence electrons. The Morgan fingerprint density at radius 3 is 2.33 bits per heavy atom. The van der Waals surface area contributed by atoms with Gasteiger partial charge in [-0.15, -0.1) is 0 Å². The first-order valence-electron chi connectivity index (χ1n) is 7.78. The van der Waals surface area contributed by atoms with Crippen LogP contribution in [0.5, 0.6) is 0 Å². The molecule has 21 heavy (non-hydrogen) atoms. The van der Waals surface area contributed by atoms with Crippen molar-refractivity contribution in [2.75, 3.05) is 0 Å². The smallest absolute Gasteiger partial charge is 0.308 e. The molecule has 0 bridgehead atoms. The minimum Gasteiger partial charge on any atom is -0.308 e. The highest BCUT2D eigenvalue weighted by Gasteiger charge is 2.34. The van der Waals surface area contributed by atoms with E-state index in [0.29, 0.717) is 5.56 Å². The van der Waals surface area contributed by atoms with Crippen molar-refractivity contribution >= 4 is 0 Å². The van der Waals surface area contributed by atoms with E-state index in [1.54, 1.807) is 19.1 Å². The monoisotopic (exact) mass is 301 g/mol. The topological polar surface area (TPSA) is 12.0 Å². The van der Waals surface area contributed by atoms with Crippen molar-refractivity contribution in [2.24, 2.45) is 0 Å². The fourth-order valence-electron chi connectivity index (χ4n) is 2.61. The number of rotatable bonds is 8. The quantitative estimate of drug-likeness (QED) is 0.606. The Kier molecular flexibility index (Phi) is 7.23. The van der Waals surface area contributed by atoms with E-state index in [9.17, 15) is 13.2 Å². The van der Waals surface area contributed by atoms with E-state index in [1.807, 2.05) is 6.92 Å². The SMILES string of the molecule is CCCCCCC(C)NC(C)c1ccccc1C(F)(F)F. The number of alkyl halides is 3. The summed E-state index contributed by atoms with van der Waals surface area (Å²) in [4.78, 5) is 0. The van der Waals surface area contributed by atoms with E-state index in [-0.39, 0.29) is 12.1 Å². The minimum atomic E-state index is -4.29. The number of hydrogen-bond donors (Lipinski definition) is 1. The lowest BCUT2D eigenvalue weighted by Crippen LogP contribution is -2.30. The molecular weight excluding hydrogens is 275 g/mol. The third-order valence-electron chi connectivity index (χ3n) is 3.76. The van der Waals surface area contributed by atoms with Gasteiger partial charge >= 0.3 is 6.18 Å². The van der Waals surface area contributed by atoms with E-state index in [2.05, 4.69) is 12.2 Å². The van der Waals surface area contributed by atoms with Gasteiger partial charge in [-0.3, -0.25) is 0 Å². The van der Waals surface area contributed by atoms with Gasteiger partial charge in [0, 0.05) is 12.1 Å². The molecule has 0 spiro atoms. The first kappa shape index (κ1) is 18.0. The summed E-state index contributed by atoms with van der Waals surface area (Å²) in [7, 11) is 0. The summed E-state index contributed by atoms with van der Waals surface area (Å²) in [6.07, 6.45) is 1.43. The molecule has 1 aromatic rings. The van der Waals surface area contributed by atoms with Crippen molar-refractivity contribution in [1.29, 1.82) is 0 Å². The maximum atomic E-state index is 13.0. The summed E-state index contributed by atoms with van der Waals surface area (Å²) < 4.78 is 39.0. The second kappa shape index (κ2) is 8.42. The zero-order valence-electron chi connectivity index (χ0n) is 13.1. The predicted molar refractivity (Wildman–Crippen MR) is 81.2 cm³/mol. The van der Waals surface area contributed by atoms with Crippen molar-refractivity contribution in [3.63, 3.8) is 0 Å². The zero-order chi connectivity index (χ0) is 15.9. The van der Waals surface area contributed by atoms with Crippen molar-refractivity contribution in [3.8, 4) is 0 Å². The Morgan fingerprint density at radius 1 is 1.05 bits per heavy atom. The van der Waals surface area contributed by atoms with Crippen LogP contribution in [0.4, 0.5) is 13.2 Å². The molecule has 1 rings (SSSR count). The summed E-state index contributed by atoms with van der Waals surface area (Å²) in [5.41, 5.74) is -0.214. The molecule has 0 aliphatic heterocycles. The molecule has 0 fully saturated rings. The number of hydrogen-bond acceptors (Lipinski definition) is 1. The number of unbranched alkanes of at least 4 members (excludes halogenated alkanes) is 3. The van der Waals surface area contributed by atoms with Gasteiger partial charge in [-0.2, -0.15) is 13.2 Å². The molecule has 0 heterocycles. The summed E-state index contributed by atoms with van der Waals surface area (Å²) >= 11 is 0. The maximum Gasteiger partial charge on any atom is 0.416 e. The van der Waals surface area contributed by atoms with Gasteiger partial charge in [0.2, 0.25) is 0 Å². The Morgan fingerprint density at radius 2 is 1.71 bits per heavy atom. The maximum absolute atomic E-state index is 13.0. The predicted octanol–water partition coefficient (Wildman–Crippen LogP) is 5.71. The second-order valence-electron chi connectivity index (χ2n) is 5.72. The van der Waals surface area contributed by atoms with Gasteiger partial charge in [-0.25, -0.2) is 0 Å². The van der Waals surface area contributed by atoms with Crippen molar-refractivity contribution in [3.05, 3.63) is 35.4 Å². The van der Waals surface area contributed by atoms with Crippen LogP contribution in [0.3, 0.4) is 0 Å². The van der Waals surface area contributed by atoms with Crippen LogP contribution in [-0.4, -0.2) is 6.04 Å². The molecule has 2 unspecified atom stereocenters. The summed E-state index contributed by atoms with van der Waals surface area (Å²) in [6.45, 7) is 6.00. The van der Waals surface area contributed by atoms with Crippen molar-refractivity contribution in [2.45, 2.75) is 71.1 Å². The first-order chi connectivity index (χ1) is 9.86. The molecule has 0 aliphatic carbocycles. The molecule has 1 N–H and O–H groups in total. The Hall–Kier alpha value is -1.03. The molecule has 0 saturated carbocycles. The van der Waals surface area contributed by atoms with Gasteiger partial charge in [0.1, 0.15) is 0 Å². The van der Waals surface area contributed by atoms with E-state index in [4.69, 9.17) is 0 Å². The van der Waals surface area contributed by atoms with Gasteiger partial charge in [0.15, 0.2) is 0 Å². The first-order valence-corrected chi connectivity index (χ1v) is 7.78. The van der Waals surface area contributed by atoms with Gasteiger partial charge in [-0.05, 0) is 31.9 Å². The van der Waals surface area contributed by atoms with Crippen molar-refractivity contribution in [1.82, 2.24) is 5.32 Å². The van der Waals surface area contributed by atoms with Gasteiger partial charge < -0.3 is 5.32 Å². The Bertz CT molecular complexity index is 415. The van der Waals surface area contributed by atoms with Crippen LogP contribution >= 0.6 is 0 Å². The molecule has 0 aliphatic rings.